The van der Waals surface area contributed by atoms with Crippen molar-refractivity contribution in [1.29, 1.82) is 0 Å². The second kappa shape index (κ2) is 3.78. The van der Waals surface area contributed by atoms with Crippen molar-refractivity contribution in [3.05, 3.63) is 32.8 Å². The van der Waals surface area contributed by atoms with Crippen molar-refractivity contribution in [3.63, 3.8) is 0 Å². The van der Waals surface area contributed by atoms with Gasteiger partial charge in [-0.15, -0.1) is 0 Å². The molecule has 3 aliphatic carbocycles. The fraction of sp³-hybridized carbons (Fsp3) is 0.538. The van der Waals surface area contributed by atoms with Gasteiger partial charge < -0.3 is 0 Å². The molecule has 0 N–H and O–H groups in total. The minimum Gasteiger partial charge on any atom is -0.0831 e. The molecule has 1 fully saturated rings. The van der Waals surface area contributed by atoms with Gasteiger partial charge in [0.15, 0.2) is 0 Å². The third-order valence-electron chi connectivity index (χ3n) is 3.98. The fourth-order valence-electron chi connectivity index (χ4n) is 3.15. The predicted octanol–water partition coefficient (Wildman–Crippen LogP) is 4.93. The number of fused-ring (bicyclic) bond motifs is 2. The molecule has 1 aromatic carbocycles. The van der Waals surface area contributed by atoms with Crippen LogP contribution in [0.4, 0.5) is 0 Å². The molecule has 0 unspecified atom stereocenters. The lowest BCUT2D eigenvalue weighted by Crippen LogP contribution is -2.09. The van der Waals surface area contributed by atoms with E-state index in [0.717, 1.165) is 21.3 Å². The Morgan fingerprint density at radius 3 is 2.60 bits per heavy atom. The number of halogens is 2. The zero-order valence-corrected chi connectivity index (χ0v) is 10.9. The largest absolute Gasteiger partial charge is 0.0831 e. The van der Waals surface area contributed by atoms with E-state index < -0.39 is 0 Å². The standard InChI is InChI=1S/C13H14BrCl/c14-12-6-10-5-8-1-3-9(4-2-8)11(10)7-13(12)15/h6-9H,1-5H2. The van der Waals surface area contributed by atoms with E-state index in [2.05, 4.69) is 28.1 Å². The van der Waals surface area contributed by atoms with Crippen LogP contribution in [-0.2, 0) is 6.42 Å². The molecule has 0 nitrogen and oxygen atoms in total. The molecule has 0 saturated heterocycles. The Balaban J connectivity index is 2.13. The van der Waals surface area contributed by atoms with Crippen LogP contribution in [-0.4, -0.2) is 0 Å². The molecular formula is C13H14BrCl. The summed E-state index contributed by atoms with van der Waals surface area (Å²) >= 11 is 9.72. The molecule has 0 spiro atoms. The highest BCUT2D eigenvalue weighted by Crippen LogP contribution is 2.44. The van der Waals surface area contributed by atoms with Gasteiger partial charge in [-0.2, -0.15) is 0 Å². The van der Waals surface area contributed by atoms with Crippen LogP contribution < -0.4 is 0 Å². The normalized spacial score (nSPS) is 28.7. The Hall–Kier alpha value is -0.0100. The Bertz CT molecular complexity index is 392. The molecule has 0 radical (unpaired) electrons. The van der Waals surface area contributed by atoms with Crippen LogP contribution in [0.3, 0.4) is 0 Å². The quantitative estimate of drug-likeness (QED) is 0.634. The van der Waals surface area contributed by atoms with Gasteiger partial charge in [0.1, 0.15) is 0 Å². The highest BCUT2D eigenvalue weighted by atomic mass is 79.9. The van der Waals surface area contributed by atoms with Gasteiger partial charge in [0, 0.05) is 4.47 Å². The van der Waals surface area contributed by atoms with E-state index in [4.69, 9.17) is 11.6 Å². The number of hydrogen-bond acceptors (Lipinski definition) is 0. The van der Waals surface area contributed by atoms with Crippen molar-refractivity contribution in [3.8, 4) is 0 Å². The fourth-order valence-corrected chi connectivity index (χ4v) is 3.71. The lowest BCUT2D eigenvalue weighted by molar-refractivity contribution is 0.344. The first-order valence-corrected chi connectivity index (χ1v) is 6.89. The Labute approximate surface area is 104 Å². The maximum absolute atomic E-state index is 6.19. The van der Waals surface area contributed by atoms with Crippen molar-refractivity contribution in [2.75, 3.05) is 0 Å². The lowest BCUT2D eigenvalue weighted by Gasteiger charge is -2.23. The van der Waals surface area contributed by atoms with Gasteiger partial charge in [-0.1, -0.05) is 11.6 Å². The van der Waals surface area contributed by atoms with E-state index >= 15 is 0 Å². The first kappa shape index (κ1) is 10.2. The van der Waals surface area contributed by atoms with Crippen LogP contribution in [0, 0.1) is 5.92 Å². The highest BCUT2D eigenvalue weighted by molar-refractivity contribution is 9.10. The summed E-state index contributed by atoms with van der Waals surface area (Å²) < 4.78 is 1.06. The second-order valence-electron chi connectivity index (χ2n) is 4.89. The Morgan fingerprint density at radius 1 is 1.13 bits per heavy atom. The molecule has 0 aliphatic heterocycles. The second-order valence-corrected chi connectivity index (χ2v) is 6.15. The van der Waals surface area contributed by atoms with Crippen LogP contribution in [0.15, 0.2) is 16.6 Å². The van der Waals surface area contributed by atoms with Gasteiger partial charge in [-0.05, 0) is 83.1 Å². The van der Waals surface area contributed by atoms with E-state index in [1.807, 2.05) is 0 Å². The van der Waals surface area contributed by atoms with Crippen molar-refractivity contribution in [2.24, 2.45) is 5.92 Å². The van der Waals surface area contributed by atoms with Crippen LogP contribution in [0.2, 0.25) is 5.02 Å². The summed E-state index contributed by atoms with van der Waals surface area (Å²) in [5.41, 5.74) is 3.07. The van der Waals surface area contributed by atoms with Crippen molar-refractivity contribution in [1.82, 2.24) is 0 Å². The van der Waals surface area contributed by atoms with Crippen LogP contribution >= 0.6 is 27.5 Å². The predicted molar refractivity (Wildman–Crippen MR) is 67.6 cm³/mol. The molecule has 0 aromatic heterocycles. The smallest absolute Gasteiger partial charge is 0.0551 e. The molecular weight excluding hydrogens is 272 g/mol. The summed E-state index contributed by atoms with van der Waals surface area (Å²) in [5, 5.41) is 0.874. The summed E-state index contributed by atoms with van der Waals surface area (Å²) in [6.07, 6.45) is 6.83. The third kappa shape index (κ3) is 1.74. The van der Waals surface area contributed by atoms with E-state index in [1.54, 1.807) is 0 Å². The molecule has 3 aliphatic rings. The molecule has 80 valence electrons. The van der Waals surface area contributed by atoms with Gasteiger partial charge in [-0.3, -0.25) is 0 Å². The molecule has 1 saturated carbocycles. The van der Waals surface area contributed by atoms with Crippen LogP contribution in [0.25, 0.3) is 0 Å². The average molecular weight is 286 g/mol. The first-order chi connectivity index (χ1) is 7.24. The SMILES string of the molecule is Clc1cc2c(cc1Br)CC1CCC2CC1. The van der Waals surface area contributed by atoms with Crippen molar-refractivity contribution in [2.45, 2.75) is 38.0 Å². The van der Waals surface area contributed by atoms with Crippen LogP contribution in [0.1, 0.15) is 42.7 Å². The Kier molecular flexibility index (Phi) is 2.56. The van der Waals surface area contributed by atoms with E-state index in [1.165, 1.54) is 43.2 Å². The van der Waals surface area contributed by atoms with Gasteiger partial charge in [0.05, 0.1) is 5.02 Å². The molecule has 4 rings (SSSR count). The van der Waals surface area contributed by atoms with E-state index in [0.29, 0.717) is 0 Å². The summed E-state index contributed by atoms with van der Waals surface area (Å²) in [5.74, 6) is 1.71. The maximum atomic E-state index is 6.19. The van der Waals surface area contributed by atoms with Gasteiger partial charge >= 0.3 is 0 Å². The number of hydrogen-bond donors (Lipinski definition) is 0. The molecule has 0 atom stereocenters. The highest BCUT2D eigenvalue weighted by Gasteiger charge is 2.29. The third-order valence-corrected chi connectivity index (χ3v) is 5.17. The monoisotopic (exact) mass is 284 g/mol. The minimum atomic E-state index is 0.782. The number of rotatable bonds is 0. The summed E-state index contributed by atoms with van der Waals surface area (Å²) in [6.45, 7) is 0. The molecule has 15 heavy (non-hydrogen) atoms. The molecule has 2 bridgehead atoms. The zero-order valence-electron chi connectivity index (χ0n) is 8.60. The topological polar surface area (TPSA) is 0 Å². The van der Waals surface area contributed by atoms with Crippen molar-refractivity contribution >= 4 is 27.5 Å². The molecule has 1 aromatic rings. The zero-order chi connectivity index (χ0) is 10.4. The van der Waals surface area contributed by atoms with Gasteiger partial charge in [-0.25, -0.2) is 0 Å². The summed E-state index contributed by atoms with van der Waals surface area (Å²) in [6, 6.07) is 4.44. The Morgan fingerprint density at radius 2 is 1.87 bits per heavy atom. The average Bonchev–Trinajstić information content (AvgIpc) is 2.48. The first-order valence-electron chi connectivity index (χ1n) is 5.72. The summed E-state index contributed by atoms with van der Waals surface area (Å²) in [4.78, 5) is 0. The molecule has 0 amide bonds. The van der Waals surface area contributed by atoms with Crippen molar-refractivity contribution < 1.29 is 0 Å². The lowest BCUT2D eigenvalue weighted by atomic mass is 9.82. The van der Waals surface area contributed by atoms with E-state index in [9.17, 15) is 0 Å². The molecule has 0 heterocycles. The van der Waals surface area contributed by atoms with Gasteiger partial charge in [0.2, 0.25) is 0 Å². The summed E-state index contributed by atoms with van der Waals surface area (Å²) in [7, 11) is 0. The molecule has 2 heteroatoms. The van der Waals surface area contributed by atoms with E-state index in [-0.39, 0.29) is 0 Å². The maximum Gasteiger partial charge on any atom is 0.0551 e. The minimum absolute atomic E-state index is 0.782. The van der Waals surface area contributed by atoms with Gasteiger partial charge in [0.25, 0.3) is 0 Å². The number of benzene rings is 1. The van der Waals surface area contributed by atoms with Crippen LogP contribution in [0.5, 0.6) is 0 Å².